The van der Waals surface area contributed by atoms with Crippen LogP contribution in [0.25, 0.3) is 27.7 Å². The maximum absolute atomic E-state index is 12.9. The molecule has 0 fully saturated rings. The monoisotopic (exact) mass is 475 g/mol. The summed E-state index contributed by atoms with van der Waals surface area (Å²) in [5.41, 5.74) is 5.80. The number of ether oxygens (including phenoxy) is 2. The molecule has 0 radical (unpaired) electrons. The molecule has 0 saturated carbocycles. The predicted octanol–water partition coefficient (Wildman–Crippen LogP) is 7.51. The first kappa shape index (κ1) is 23.5. The van der Waals surface area contributed by atoms with Crippen LogP contribution in [-0.2, 0) is 4.79 Å². The Kier molecular flexibility index (Phi) is 6.94. The zero-order valence-electron chi connectivity index (χ0n) is 19.6. The number of halogens is 1. The van der Waals surface area contributed by atoms with E-state index in [9.17, 15) is 4.79 Å². The van der Waals surface area contributed by atoms with E-state index >= 15 is 0 Å². The summed E-state index contributed by atoms with van der Waals surface area (Å²) in [5, 5.41) is 4.32. The van der Waals surface area contributed by atoms with Crippen LogP contribution in [0.15, 0.2) is 71.4 Å². The van der Waals surface area contributed by atoms with Crippen molar-refractivity contribution in [1.29, 1.82) is 0 Å². The number of aryl methyl sites for hydroxylation is 1. The van der Waals surface area contributed by atoms with E-state index < -0.39 is 0 Å². The minimum absolute atomic E-state index is 0.297. The number of hydrogen-bond acceptors (Lipinski definition) is 4. The maximum Gasteiger partial charge on any atom is 0.248 e. The molecule has 0 atom stereocenters. The lowest BCUT2D eigenvalue weighted by Gasteiger charge is -2.15. The van der Waals surface area contributed by atoms with Crippen molar-refractivity contribution in [2.45, 2.75) is 20.8 Å². The summed E-state index contributed by atoms with van der Waals surface area (Å²) in [6.07, 6.45) is 3.31. The van der Waals surface area contributed by atoms with Crippen LogP contribution in [0, 0.1) is 6.92 Å². The van der Waals surface area contributed by atoms with Gasteiger partial charge in [0.05, 0.1) is 25.7 Å². The molecule has 1 amide bonds. The van der Waals surface area contributed by atoms with Crippen molar-refractivity contribution in [3.05, 3.63) is 83.1 Å². The number of carbonyl (C=O) groups excluding carboxylic acids is 1. The Morgan fingerprint density at radius 1 is 1.15 bits per heavy atom. The topological polar surface area (TPSA) is 60.7 Å². The smallest absolute Gasteiger partial charge is 0.248 e. The summed E-state index contributed by atoms with van der Waals surface area (Å²) in [4.78, 5) is 12.9. The second kappa shape index (κ2) is 10.1. The fraction of sp³-hybridized carbons (Fsp3) is 0.179. The summed E-state index contributed by atoms with van der Waals surface area (Å²) in [7, 11) is 1.54. The number of amides is 1. The molecule has 0 unspecified atom stereocenters. The van der Waals surface area contributed by atoms with Crippen molar-refractivity contribution in [2.24, 2.45) is 0 Å². The van der Waals surface area contributed by atoms with Crippen LogP contribution in [0.1, 0.15) is 25.0 Å². The fourth-order valence-electron chi connectivity index (χ4n) is 4.00. The van der Waals surface area contributed by atoms with E-state index in [0.29, 0.717) is 28.8 Å². The minimum Gasteiger partial charge on any atom is -0.495 e. The van der Waals surface area contributed by atoms with E-state index in [1.165, 1.54) is 0 Å². The van der Waals surface area contributed by atoms with Gasteiger partial charge < -0.3 is 19.2 Å². The van der Waals surface area contributed by atoms with E-state index in [1.807, 2.05) is 57.2 Å². The lowest BCUT2D eigenvalue weighted by molar-refractivity contribution is -0.111. The Bertz CT molecular complexity index is 1370. The quantitative estimate of drug-likeness (QED) is 0.281. The van der Waals surface area contributed by atoms with Gasteiger partial charge in [0.25, 0.3) is 0 Å². The predicted molar refractivity (Wildman–Crippen MR) is 138 cm³/mol. The molecule has 6 heteroatoms. The zero-order chi connectivity index (χ0) is 24.2. The Labute approximate surface area is 203 Å². The number of methoxy groups -OCH3 is 1. The number of allylic oxidation sites excluding steroid dienone is 1. The van der Waals surface area contributed by atoms with E-state index in [2.05, 4.69) is 5.32 Å². The molecule has 0 aliphatic rings. The Morgan fingerprint density at radius 3 is 2.62 bits per heavy atom. The van der Waals surface area contributed by atoms with Crippen LogP contribution in [0.5, 0.6) is 11.5 Å². The van der Waals surface area contributed by atoms with Gasteiger partial charge >= 0.3 is 0 Å². The number of anilines is 1. The van der Waals surface area contributed by atoms with Gasteiger partial charge in [-0.3, -0.25) is 4.79 Å². The number of hydrogen-bond donors (Lipinski definition) is 1. The van der Waals surface area contributed by atoms with Crippen LogP contribution < -0.4 is 14.8 Å². The number of carbonyl (C=O) groups is 1. The van der Waals surface area contributed by atoms with Gasteiger partial charge in [0, 0.05) is 33.2 Å². The number of furan rings is 1. The third kappa shape index (κ3) is 4.66. The van der Waals surface area contributed by atoms with Gasteiger partial charge in [-0.15, -0.1) is 0 Å². The first-order chi connectivity index (χ1) is 16.4. The van der Waals surface area contributed by atoms with Crippen LogP contribution in [0.3, 0.4) is 0 Å². The summed E-state index contributed by atoms with van der Waals surface area (Å²) in [6, 6.07) is 17.2. The van der Waals surface area contributed by atoms with Crippen LogP contribution >= 0.6 is 11.6 Å². The molecule has 0 aliphatic heterocycles. The third-order valence-corrected chi connectivity index (χ3v) is 5.84. The van der Waals surface area contributed by atoms with Crippen LogP contribution in [0.2, 0.25) is 5.02 Å². The molecule has 34 heavy (non-hydrogen) atoms. The molecule has 1 heterocycles. The highest BCUT2D eigenvalue weighted by atomic mass is 35.5. The fourth-order valence-corrected chi connectivity index (χ4v) is 4.17. The molecule has 3 aromatic carbocycles. The Balaban J connectivity index is 1.77. The van der Waals surface area contributed by atoms with Gasteiger partial charge in [-0.2, -0.15) is 0 Å². The SMILES string of the molecule is CCOc1c(/C(C)=C/C(=O)Nc2cc(Cl)ccc2OC)cc2c(-c3ccccc3)coc2c1C. The van der Waals surface area contributed by atoms with Crippen molar-refractivity contribution in [1.82, 2.24) is 0 Å². The molecule has 174 valence electrons. The number of nitrogens with one attached hydrogen (secondary N) is 1. The van der Waals surface area contributed by atoms with Gasteiger partial charge in [-0.1, -0.05) is 41.9 Å². The standard InChI is InChI=1S/C28H26ClNO4/c1-5-33-27-18(3)28-22(23(16-34-28)19-9-7-6-8-10-19)15-21(27)17(2)13-26(31)30-24-14-20(29)11-12-25(24)32-4/h6-16H,5H2,1-4H3,(H,30,31)/b17-13+. The average Bonchev–Trinajstić information content (AvgIpc) is 3.26. The third-order valence-electron chi connectivity index (χ3n) is 5.61. The highest BCUT2D eigenvalue weighted by Crippen LogP contribution is 2.40. The summed E-state index contributed by atoms with van der Waals surface area (Å²) in [5.74, 6) is 0.932. The first-order valence-electron chi connectivity index (χ1n) is 11.0. The summed E-state index contributed by atoms with van der Waals surface area (Å²) < 4.78 is 17.3. The van der Waals surface area contributed by atoms with Gasteiger partial charge in [-0.05, 0) is 56.2 Å². The lowest BCUT2D eigenvalue weighted by Crippen LogP contribution is -2.10. The van der Waals surface area contributed by atoms with Crippen LogP contribution in [0.4, 0.5) is 5.69 Å². The molecular weight excluding hydrogens is 450 g/mol. The highest BCUT2D eigenvalue weighted by Gasteiger charge is 2.19. The molecule has 0 spiro atoms. The lowest BCUT2D eigenvalue weighted by atomic mass is 9.96. The van der Waals surface area contributed by atoms with E-state index in [0.717, 1.165) is 38.8 Å². The molecule has 1 N–H and O–H groups in total. The van der Waals surface area contributed by atoms with E-state index in [-0.39, 0.29) is 5.91 Å². The van der Waals surface area contributed by atoms with Gasteiger partial charge in [0.2, 0.25) is 5.91 Å². The van der Waals surface area contributed by atoms with Crippen molar-refractivity contribution in [3.63, 3.8) is 0 Å². The number of rotatable bonds is 7. The Hall–Kier alpha value is -3.70. The molecule has 0 saturated heterocycles. The zero-order valence-corrected chi connectivity index (χ0v) is 20.3. The normalized spacial score (nSPS) is 11.5. The van der Waals surface area contributed by atoms with E-state index in [4.69, 9.17) is 25.5 Å². The molecule has 0 aliphatic carbocycles. The van der Waals surface area contributed by atoms with Crippen LogP contribution in [-0.4, -0.2) is 19.6 Å². The molecule has 5 nitrogen and oxygen atoms in total. The second-order valence-electron chi connectivity index (χ2n) is 7.86. The highest BCUT2D eigenvalue weighted by molar-refractivity contribution is 6.31. The Morgan fingerprint density at radius 2 is 1.91 bits per heavy atom. The van der Waals surface area contributed by atoms with E-state index in [1.54, 1.807) is 37.6 Å². The maximum atomic E-state index is 12.9. The van der Waals surface area contributed by atoms with Crippen molar-refractivity contribution < 1.29 is 18.7 Å². The van der Waals surface area contributed by atoms with Gasteiger partial charge in [0.1, 0.15) is 17.1 Å². The largest absolute Gasteiger partial charge is 0.495 e. The number of benzene rings is 3. The number of fused-ring (bicyclic) bond motifs is 1. The molecule has 4 rings (SSSR count). The summed E-state index contributed by atoms with van der Waals surface area (Å²) in [6.45, 7) is 6.28. The van der Waals surface area contributed by atoms with Crippen molar-refractivity contribution in [2.75, 3.05) is 19.0 Å². The summed E-state index contributed by atoms with van der Waals surface area (Å²) >= 11 is 6.09. The first-order valence-corrected chi connectivity index (χ1v) is 11.4. The average molecular weight is 476 g/mol. The van der Waals surface area contributed by atoms with Gasteiger partial charge in [-0.25, -0.2) is 0 Å². The molecule has 4 aromatic rings. The second-order valence-corrected chi connectivity index (χ2v) is 8.30. The minimum atomic E-state index is -0.297. The van der Waals surface area contributed by atoms with Crippen molar-refractivity contribution in [3.8, 4) is 22.6 Å². The molecule has 1 aromatic heterocycles. The molecule has 0 bridgehead atoms. The molecular formula is C28H26ClNO4. The van der Waals surface area contributed by atoms with Crippen molar-refractivity contribution >= 4 is 39.7 Å². The van der Waals surface area contributed by atoms with Gasteiger partial charge in [0.15, 0.2) is 0 Å².